The van der Waals surface area contributed by atoms with Crippen LogP contribution < -0.4 is 27.4 Å². The molecule has 1 aromatic heterocycles. The van der Waals surface area contributed by atoms with Crippen LogP contribution in [0.15, 0.2) is 30.5 Å². The second-order valence-corrected chi connectivity index (χ2v) is 8.80. The van der Waals surface area contributed by atoms with Crippen molar-refractivity contribution in [3.05, 3.63) is 36.0 Å². The molecule has 1 heterocycles. The Labute approximate surface area is 204 Å². The summed E-state index contributed by atoms with van der Waals surface area (Å²) < 4.78 is 0. The zero-order chi connectivity index (χ0) is 26.0. The molecular weight excluding hydrogens is 452 g/mol. The van der Waals surface area contributed by atoms with E-state index in [1.807, 2.05) is 24.3 Å². The molecule has 0 aliphatic heterocycles. The standard InChI is InChI=1S/C24H36N6O5/c1-14(2)21(23(33)29-18(24(34)35)9-5-6-10-25)30-22(32)19(28-20(31)12-26)11-15-13-27-17-8-4-3-7-16(15)17/h3-4,7-8,13-14,18-19,21,27H,5-6,9-12,25-26H2,1-2H3,(H,28,31)(H,29,33)(H,30,32)(H,34,35). The molecule has 35 heavy (non-hydrogen) atoms. The van der Waals surface area contributed by atoms with E-state index in [1.165, 1.54) is 0 Å². The Balaban J connectivity index is 2.18. The fourth-order valence-corrected chi connectivity index (χ4v) is 3.78. The van der Waals surface area contributed by atoms with Crippen LogP contribution >= 0.6 is 0 Å². The number of para-hydroxylation sites is 1. The second kappa shape index (κ2) is 13.4. The molecule has 9 N–H and O–H groups in total. The Morgan fingerprint density at radius 1 is 0.971 bits per heavy atom. The maximum absolute atomic E-state index is 13.2. The van der Waals surface area contributed by atoms with Gasteiger partial charge in [0, 0.05) is 23.5 Å². The molecule has 0 spiro atoms. The van der Waals surface area contributed by atoms with Gasteiger partial charge in [-0.15, -0.1) is 0 Å². The number of rotatable bonds is 14. The van der Waals surface area contributed by atoms with Crippen molar-refractivity contribution in [2.24, 2.45) is 17.4 Å². The molecule has 3 amide bonds. The minimum atomic E-state index is -1.16. The van der Waals surface area contributed by atoms with Crippen molar-refractivity contribution in [3.63, 3.8) is 0 Å². The Bertz CT molecular complexity index is 1020. The van der Waals surface area contributed by atoms with E-state index in [-0.39, 0.29) is 25.3 Å². The third-order valence-electron chi connectivity index (χ3n) is 5.74. The van der Waals surface area contributed by atoms with Crippen LogP contribution in [0, 0.1) is 5.92 Å². The Morgan fingerprint density at radius 2 is 1.69 bits per heavy atom. The lowest BCUT2D eigenvalue weighted by Gasteiger charge is -2.26. The number of H-pyrrole nitrogens is 1. The van der Waals surface area contributed by atoms with Crippen LogP contribution in [-0.4, -0.2) is 65.0 Å². The Kier molecular flexibility index (Phi) is 10.7. The second-order valence-electron chi connectivity index (χ2n) is 8.80. The van der Waals surface area contributed by atoms with Gasteiger partial charge in [0.1, 0.15) is 18.1 Å². The summed E-state index contributed by atoms with van der Waals surface area (Å²) in [5, 5.41) is 18.2. The van der Waals surface area contributed by atoms with Gasteiger partial charge in [-0.25, -0.2) is 4.79 Å². The molecule has 0 bridgehead atoms. The van der Waals surface area contributed by atoms with Crippen molar-refractivity contribution in [2.45, 2.75) is 57.7 Å². The highest BCUT2D eigenvalue weighted by Gasteiger charge is 2.31. The molecule has 11 heteroatoms. The molecule has 0 fully saturated rings. The van der Waals surface area contributed by atoms with Crippen LogP contribution in [0.3, 0.4) is 0 Å². The summed E-state index contributed by atoms with van der Waals surface area (Å²) in [5.74, 6) is -3.18. The molecule has 0 saturated heterocycles. The van der Waals surface area contributed by atoms with Gasteiger partial charge in [-0.2, -0.15) is 0 Å². The van der Waals surface area contributed by atoms with Crippen molar-refractivity contribution in [1.82, 2.24) is 20.9 Å². The SMILES string of the molecule is CC(C)C(NC(=O)C(Cc1c[nH]c2ccccc12)NC(=O)CN)C(=O)NC(CCCCN)C(=O)O. The summed E-state index contributed by atoms with van der Waals surface area (Å²) >= 11 is 0. The van der Waals surface area contributed by atoms with E-state index in [0.717, 1.165) is 16.5 Å². The number of unbranched alkanes of at least 4 members (excludes halogenated alkanes) is 1. The summed E-state index contributed by atoms with van der Waals surface area (Å²) in [4.78, 5) is 52.9. The van der Waals surface area contributed by atoms with E-state index in [1.54, 1.807) is 20.0 Å². The molecule has 11 nitrogen and oxygen atoms in total. The lowest BCUT2D eigenvalue weighted by atomic mass is 10.00. The largest absolute Gasteiger partial charge is 0.480 e. The molecule has 0 radical (unpaired) electrons. The highest BCUT2D eigenvalue weighted by atomic mass is 16.4. The van der Waals surface area contributed by atoms with Gasteiger partial charge in [-0.3, -0.25) is 14.4 Å². The van der Waals surface area contributed by atoms with Gasteiger partial charge in [0.05, 0.1) is 6.54 Å². The molecule has 2 rings (SSSR count). The predicted octanol–water partition coefficient (Wildman–Crippen LogP) is -0.00690. The van der Waals surface area contributed by atoms with Crippen molar-refractivity contribution >= 4 is 34.6 Å². The topological polar surface area (TPSA) is 192 Å². The number of fused-ring (bicyclic) bond motifs is 1. The van der Waals surface area contributed by atoms with Crippen molar-refractivity contribution in [2.75, 3.05) is 13.1 Å². The highest BCUT2D eigenvalue weighted by Crippen LogP contribution is 2.19. The first kappa shape index (κ1) is 27.8. The summed E-state index contributed by atoms with van der Waals surface area (Å²) in [5.41, 5.74) is 12.6. The van der Waals surface area contributed by atoms with E-state index in [4.69, 9.17) is 11.5 Å². The zero-order valence-corrected chi connectivity index (χ0v) is 20.2. The number of benzene rings is 1. The normalized spacial score (nSPS) is 13.7. The number of aliphatic carboxylic acids is 1. The van der Waals surface area contributed by atoms with E-state index in [0.29, 0.717) is 19.4 Å². The van der Waals surface area contributed by atoms with Crippen LogP contribution in [0.25, 0.3) is 10.9 Å². The lowest BCUT2D eigenvalue weighted by Crippen LogP contribution is -2.58. The monoisotopic (exact) mass is 488 g/mol. The molecule has 1 aromatic carbocycles. The number of nitrogens with one attached hydrogen (secondary N) is 4. The summed E-state index contributed by atoms with van der Waals surface area (Å²) in [7, 11) is 0. The molecule has 0 aliphatic rings. The van der Waals surface area contributed by atoms with Crippen LogP contribution in [-0.2, 0) is 25.6 Å². The number of hydrogen-bond acceptors (Lipinski definition) is 6. The third kappa shape index (κ3) is 8.08. The lowest BCUT2D eigenvalue weighted by molar-refractivity contribution is -0.142. The van der Waals surface area contributed by atoms with Crippen LogP contribution in [0.1, 0.15) is 38.7 Å². The molecule has 0 saturated carbocycles. The number of hydrogen-bond donors (Lipinski definition) is 7. The number of carboxylic acid groups (broad SMARTS) is 1. The fourth-order valence-electron chi connectivity index (χ4n) is 3.78. The number of aromatic nitrogens is 1. The number of carbonyl (C=O) groups is 4. The molecule has 3 atom stereocenters. The number of aromatic amines is 1. The summed E-state index contributed by atoms with van der Waals surface area (Å²) in [6, 6.07) is 4.48. The molecular formula is C24H36N6O5. The van der Waals surface area contributed by atoms with Crippen molar-refractivity contribution < 1.29 is 24.3 Å². The maximum atomic E-state index is 13.2. The number of carboxylic acids is 1. The maximum Gasteiger partial charge on any atom is 0.326 e. The first-order valence-corrected chi connectivity index (χ1v) is 11.8. The molecule has 0 aliphatic carbocycles. The molecule has 3 unspecified atom stereocenters. The number of nitrogens with two attached hydrogens (primary N) is 2. The van der Waals surface area contributed by atoms with Gasteiger partial charge in [0.15, 0.2) is 0 Å². The predicted molar refractivity (Wildman–Crippen MR) is 132 cm³/mol. The van der Waals surface area contributed by atoms with Gasteiger partial charge >= 0.3 is 5.97 Å². The Morgan fingerprint density at radius 3 is 2.31 bits per heavy atom. The van der Waals surface area contributed by atoms with Crippen LogP contribution in [0.2, 0.25) is 0 Å². The van der Waals surface area contributed by atoms with E-state index in [9.17, 15) is 24.3 Å². The van der Waals surface area contributed by atoms with Gasteiger partial charge in [-0.05, 0) is 43.4 Å². The van der Waals surface area contributed by atoms with E-state index in [2.05, 4.69) is 20.9 Å². The fraction of sp³-hybridized carbons (Fsp3) is 0.500. The first-order valence-electron chi connectivity index (χ1n) is 11.8. The summed E-state index contributed by atoms with van der Waals surface area (Å²) in [6.45, 7) is 3.61. The number of amides is 3. The smallest absolute Gasteiger partial charge is 0.326 e. The summed E-state index contributed by atoms with van der Waals surface area (Å²) in [6.07, 6.45) is 3.35. The Hall–Kier alpha value is -3.44. The quantitative estimate of drug-likeness (QED) is 0.182. The zero-order valence-electron chi connectivity index (χ0n) is 20.2. The first-order chi connectivity index (χ1) is 16.7. The van der Waals surface area contributed by atoms with Gasteiger partial charge < -0.3 is 37.5 Å². The minimum Gasteiger partial charge on any atom is -0.480 e. The van der Waals surface area contributed by atoms with Gasteiger partial charge in [0.2, 0.25) is 17.7 Å². The minimum absolute atomic E-state index is 0.171. The van der Waals surface area contributed by atoms with Crippen molar-refractivity contribution in [3.8, 4) is 0 Å². The van der Waals surface area contributed by atoms with Gasteiger partial charge in [-0.1, -0.05) is 32.0 Å². The van der Waals surface area contributed by atoms with Crippen LogP contribution in [0.5, 0.6) is 0 Å². The van der Waals surface area contributed by atoms with Crippen molar-refractivity contribution in [1.29, 1.82) is 0 Å². The average Bonchev–Trinajstić information content (AvgIpc) is 3.23. The number of carbonyl (C=O) groups excluding carboxylic acids is 3. The van der Waals surface area contributed by atoms with E-state index < -0.39 is 41.8 Å². The average molecular weight is 489 g/mol. The molecule has 192 valence electrons. The highest BCUT2D eigenvalue weighted by molar-refractivity contribution is 5.94. The van der Waals surface area contributed by atoms with Crippen LogP contribution in [0.4, 0.5) is 0 Å². The third-order valence-corrected chi connectivity index (χ3v) is 5.74. The molecule has 2 aromatic rings. The van der Waals surface area contributed by atoms with E-state index >= 15 is 0 Å². The van der Waals surface area contributed by atoms with Gasteiger partial charge in [0.25, 0.3) is 0 Å².